The molecule has 2 aromatic carbocycles. The Morgan fingerprint density at radius 1 is 1.00 bits per heavy atom. The second-order valence-electron chi connectivity index (χ2n) is 8.34. The zero-order chi connectivity index (χ0) is 22.2. The van der Waals surface area contributed by atoms with Gasteiger partial charge in [-0.2, -0.15) is 0 Å². The summed E-state index contributed by atoms with van der Waals surface area (Å²) in [5.74, 6) is 1.33. The van der Waals surface area contributed by atoms with E-state index < -0.39 is 5.63 Å². The molecule has 32 heavy (non-hydrogen) atoms. The third kappa shape index (κ3) is 3.66. The summed E-state index contributed by atoms with van der Waals surface area (Å²) < 4.78 is 22.7. The van der Waals surface area contributed by atoms with Crippen LogP contribution in [0, 0.1) is 12.8 Å². The van der Waals surface area contributed by atoms with Crippen molar-refractivity contribution < 1.29 is 23.1 Å². The molecule has 4 aromatic rings. The first-order valence-electron chi connectivity index (χ1n) is 10.9. The van der Waals surface area contributed by atoms with Crippen molar-refractivity contribution in [3.63, 3.8) is 0 Å². The van der Waals surface area contributed by atoms with Gasteiger partial charge in [0.25, 0.3) is 0 Å². The molecule has 164 valence electrons. The molecule has 0 spiro atoms. The van der Waals surface area contributed by atoms with Crippen LogP contribution in [0.15, 0.2) is 56.1 Å². The highest BCUT2D eigenvalue weighted by atomic mass is 16.5. The molecule has 1 aliphatic carbocycles. The zero-order valence-electron chi connectivity index (χ0n) is 18.1. The van der Waals surface area contributed by atoms with E-state index in [1.165, 1.54) is 12.5 Å². The molecular weight excluding hydrogens is 408 g/mol. The maximum Gasteiger partial charge on any atom is 0.336 e. The van der Waals surface area contributed by atoms with Crippen LogP contribution < -0.4 is 15.1 Å². The Kier molecular flexibility index (Phi) is 5.21. The minimum Gasteiger partial charge on any atom is -0.493 e. The molecule has 1 saturated carbocycles. The second-order valence-corrected chi connectivity index (χ2v) is 8.34. The van der Waals surface area contributed by atoms with E-state index in [1.54, 1.807) is 19.2 Å². The molecule has 2 heterocycles. The van der Waals surface area contributed by atoms with E-state index in [-0.39, 0.29) is 11.9 Å². The molecule has 0 aliphatic heterocycles. The van der Waals surface area contributed by atoms with Gasteiger partial charge in [-0.05, 0) is 49.6 Å². The van der Waals surface area contributed by atoms with Crippen LogP contribution in [0.25, 0.3) is 33.3 Å². The van der Waals surface area contributed by atoms with Crippen LogP contribution in [0.5, 0.6) is 11.5 Å². The number of methoxy groups -OCH3 is 1. The van der Waals surface area contributed by atoms with Crippen LogP contribution in [0.1, 0.15) is 37.7 Å². The Labute approximate surface area is 184 Å². The van der Waals surface area contributed by atoms with Gasteiger partial charge < -0.3 is 18.3 Å². The van der Waals surface area contributed by atoms with Crippen molar-refractivity contribution in [1.82, 2.24) is 0 Å². The van der Waals surface area contributed by atoms with Gasteiger partial charge in [-0.15, -0.1) is 0 Å². The lowest BCUT2D eigenvalue weighted by atomic mass is 9.89. The fourth-order valence-corrected chi connectivity index (χ4v) is 4.46. The quantitative estimate of drug-likeness (QED) is 0.223. The summed E-state index contributed by atoms with van der Waals surface area (Å²) in [6.45, 7) is 1.83. The van der Waals surface area contributed by atoms with Gasteiger partial charge in [0.05, 0.1) is 13.0 Å². The number of rotatable bonds is 4. The molecule has 0 radical (unpaired) electrons. The molecule has 0 bridgehead atoms. The fraction of sp³-hybridized carbons (Fsp3) is 0.308. The van der Waals surface area contributed by atoms with Gasteiger partial charge in [0, 0.05) is 22.4 Å². The maximum atomic E-state index is 12.7. The van der Waals surface area contributed by atoms with Crippen LogP contribution in [0.3, 0.4) is 0 Å². The number of hydrogen-bond acceptors (Lipinski definition) is 6. The third-order valence-corrected chi connectivity index (χ3v) is 6.18. The van der Waals surface area contributed by atoms with Crippen molar-refractivity contribution in [2.24, 2.45) is 5.92 Å². The van der Waals surface area contributed by atoms with Crippen molar-refractivity contribution in [2.75, 3.05) is 7.11 Å². The molecule has 0 saturated heterocycles. The second kappa shape index (κ2) is 8.19. The predicted molar refractivity (Wildman–Crippen MR) is 121 cm³/mol. The highest BCUT2D eigenvalue weighted by molar-refractivity contribution is 5.97. The van der Waals surface area contributed by atoms with Crippen LogP contribution in [0.2, 0.25) is 0 Å². The van der Waals surface area contributed by atoms with Crippen LogP contribution in [-0.4, -0.2) is 13.1 Å². The third-order valence-electron chi connectivity index (χ3n) is 6.18. The topological polar surface area (TPSA) is 78.9 Å². The number of carbonyl (C=O) groups is 1. The Morgan fingerprint density at radius 2 is 1.81 bits per heavy atom. The van der Waals surface area contributed by atoms with E-state index in [4.69, 9.17) is 18.3 Å². The van der Waals surface area contributed by atoms with E-state index in [2.05, 4.69) is 0 Å². The molecule has 6 nitrogen and oxygen atoms in total. The summed E-state index contributed by atoms with van der Waals surface area (Å²) in [5.41, 5.74) is 1.83. The van der Waals surface area contributed by atoms with Gasteiger partial charge in [-0.3, -0.25) is 4.79 Å². The number of fused-ring (bicyclic) bond motifs is 2. The van der Waals surface area contributed by atoms with E-state index >= 15 is 0 Å². The first kappa shape index (κ1) is 20.4. The van der Waals surface area contributed by atoms with Gasteiger partial charge in [0.2, 0.25) is 0 Å². The lowest BCUT2D eigenvalue weighted by molar-refractivity contribution is -0.140. The molecule has 1 aliphatic rings. The van der Waals surface area contributed by atoms with Gasteiger partial charge >= 0.3 is 11.6 Å². The first-order chi connectivity index (χ1) is 15.5. The molecule has 1 fully saturated rings. The van der Waals surface area contributed by atoms with Crippen molar-refractivity contribution >= 4 is 27.9 Å². The average molecular weight is 432 g/mol. The molecule has 0 N–H and O–H groups in total. The summed E-state index contributed by atoms with van der Waals surface area (Å²) in [6.07, 6.45) is 5.02. The van der Waals surface area contributed by atoms with Crippen LogP contribution >= 0.6 is 0 Å². The molecule has 6 heteroatoms. The molecular formula is C26H24O6. The average Bonchev–Trinajstić information content (AvgIpc) is 3.24. The van der Waals surface area contributed by atoms with Crippen molar-refractivity contribution in [2.45, 2.75) is 39.0 Å². The summed E-state index contributed by atoms with van der Waals surface area (Å²) in [5, 5.41) is 1.50. The summed E-state index contributed by atoms with van der Waals surface area (Å²) >= 11 is 0. The molecule has 0 unspecified atom stereocenters. The maximum absolute atomic E-state index is 12.7. The van der Waals surface area contributed by atoms with Gasteiger partial charge in [-0.1, -0.05) is 31.4 Å². The lowest BCUT2D eigenvalue weighted by Crippen LogP contribution is -2.23. The predicted octanol–water partition coefficient (Wildman–Crippen LogP) is 6.01. The van der Waals surface area contributed by atoms with Crippen LogP contribution in [0.4, 0.5) is 0 Å². The minimum absolute atomic E-state index is 0.0603. The summed E-state index contributed by atoms with van der Waals surface area (Å²) in [6, 6.07) is 12.4. The fourth-order valence-electron chi connectivity index (χ4n) is 4.46. The molecule has 0 amide bonds. The number of benzene rings is 2. The lowest BCUT2D eigenvalue weighted by Gasteiger charge is -2.20. The molecule has 5 rings (SSSR count). The number of carbonyl (C=O) groups excluding carboxylic acids is 1. The molecule has 2 aromatic heterocycles. The van der Waals surface area contributed by atoms with Crippen LogP contribution in [-0.2, 0) is 4.79 Å². The highest BCUT2D eigenvalue weighted by Crippen LogP contribution is 2.38. The molecule has 0 atom stereocenters. The van der Waals surface area contributed by atoms with Crippen molar-refractivity contribution in [3.8, 4) is 22.8 Å². The largest absolute Gasteiger partial charge is 0.493 e. The number of ether oxygens (including phenoxy) is 2. The smallest absolute Gasteiger partial charge is 0.336 e. The zero-order valence-corrected chi connectivity index (χ0v) is 18.1. The normalized spacial score (nSPS) is 14.7. The van der Waals surface area contributed by atoms with Crippen molar-refractivity contribution in [1.29, 1.82) is 0 Å². The number of aryl methyl sites for hydroxylation is 1. The van der Waals surface area contributed by atoms with Gasteiger partial charge in [0.15, 0.2) is 11.3 Å². The first-order valence-corrected chi connectivity index (χ1v) is 10.9. The standard InChI is InChI=1S/C26H24O6/c1-15-11-22-18(13-21(15)32-26(28)16-7-4-3-5-8-16)19(14-24(27)30-22)23-12-17-9-6-10-20(29-2)25(17)31-23/h6,9-14,16H,3-5,7-8H2,1-2H3. The minimum atomic E-state index is -0.480. The Hall–Kier alpha value is -3.54. The van der Waals surface area contributed by atoms with Gasteiger partial charge in [-0.25, -0.2) is 4.79 Å². The Morgan fingerprint density at radius 3 is 2.59 bits per heavy atom. The summed E-state index contributed by atoms with van der Waals surface area (Å²) in [7, 11) is 1.58. The van der Waals surface area contributed by atoms with Crippen molar-refractivity contribution in [3.05, 3.63) is 58.4 Å². The van der Waals surface area contributed by atoms with E-state index in [1.807, 2.05) is 31.2 Å². The number of para-hydroxylation sites is 1. The van der Waals surface area contributed by atoms with E-state index in [0.29, 0.717) is 39.4 Å². The number of hydrogen-bond donors (Lipinski definition) is 0. The highest BCUT2D eigenvalue weighted by Gasteiger charge is 2.24. The Balaban J connectivity index is 1.61. The summed E-state index contributed by atoms with van der Waals surface area (Å²) in [4.78, 5) is 25.0. The van der Waals surface area contributed by atoms with Gasteiger partial charge in [0.1, 0.15) is 17.1 Å². The SMILES string of the molecule is COc1cccc2cc(-c3cc(=O)oc4cc(C)c(OC(=O)C5CCCCC5)cc34)oc12. The number of esters is 1. The Bertz CT molecular complexity index is 1370. The number of furan rings is 1. The van der Waals surface area contributed by atoms with E-state index in [0.717, 1.165) is 36.6 Å². The monoisotopic (exact) mass is 432 g/mol. The van der Waals surface area contributed by atoms with E-state index in [9.17, 15) is 9.59 Å².